The first-order valence-corrected chi connectivity index (χ1v) is 9.78. The molecule has 1 heterocycles. The van der Waals surface area contributed by atoms with Crippen LogP contribution in [0.2, 0.25) is 0 Å². The van der Waals surface area contributed by atoms with E-state index in [9.17, 15) is 4.79 Å². The maximum Gasteiger partial charge on any atom is 0.271 e. The molecule has 0 saturated heterocycles. The van der Waals surface area contributed by atoms with Gasteiger partial charge in [0.2, 0.25) is 0 Å². The van der Waals surface area contributed by atoms with Crippen LogP contribution in [0.25, 0.3) is 11.0 Å². The Kier molecular flexibility index (Phi) is 5.50. The highest BCUT2D eigenvalue weighted by molar-refractivity contribution is 9.10. The van der Waals surface area contributed by atoms with Gasteiger partial charge in [-0.05, 0) is 47.5 Å². The molecule has 0 bridgehead atoms. The summed E-state index contributed by atoms with van der Waals surface area (Å²) in [5.74, 6) is 0.393. The van der Waals surface area contributed by atoms with Gasteiger partial charge in [-0.2, -0.15) is 5.10 Å². The molecule has 1 atom stereocenters. The number of nitrogens with zero attached hydrogens (tertiary/aromatic N) is 2. The number of hydrogen-bond donors (Lipinski definition) is 3. The van der Waals surface area contributed by atoms with Crippen LogP contribution in [0.3, 0.4) is 0 Å². The van der Waals surface area contributed by atoms with Crippen LogP contribution in [0.15, 0.2) is 82.4 Å². The van der Waals surface area contributed by atoms with Crippen molar-refractivity contribution >= 4 is 39.1 Å². The topological polar surface area (TPSA) is 96.2 Å². The Labute approximate surface area is 176 Å². The zero-order valence-electron chi connectivity index (χ0n) is 15.3. The maximum absolute atomic E-state index is 12.3. The SMILES string of the molecule is NC(c1ccc(C(=O)NN=Cc2ccc(Br)cc2)cc1)c1nc2ccccc2[nH]1. The lowest BCUT2D eigenvalue weighted by molar-refractivity contribution is 0.0955. The van der Waals surface area contributed by atoms with E-state index in [2.05, 4.69) is 36.4 Å². The molecule has 0 aliphatic rings. The summed E-state index contributed by atoms with van der Waals surface area (Å²) in [7, 11) is 0. The predicted octanol–water partition coefficient (Wildman–Crippen LogP) is 4.14. The number of rotatable bonds is 5. The minimum absolute atomic E-state index is 0.290. The largest absolute Gasteiger partial charge is 0.340 e. The second-order valence-electron chi connectivity index (χ2n) is 6.49. The molecule has 29 heavy (non-hydrogen) atoms. The zero-order valence-corrected chi connectivity index (χ0v) is 16.9. The number of hydrogen-bond acceptors (Lipinski definition) is 4. The molecule has 1 aromatic heterocycles. The molecule has 1 unspecified atom stereocenters. The summed E-state index contributed by atoms with van der Waals surface area (Å²) in [4.78, 5) is 20.1. The van der Waals surface area contributed by atoms with E-state index in [0.29, 0.717) is 11.4 Å². The van der Waals surface area contributed by atoms with E-state index in [1.807, 2.05) is 60.7 Å². The number of imidazole rings is 1. The van der Waals surface area contributed by atoms with Crippen LogP contribution in [0, 0.1) is 0 Å². The number of fused-ring (bicyclic) bond motifs is 1. The summed E-state index contributed by atoms with van der Waals surface area (Å²) >= 11 is 3.38. The fourth-order valence-corrected chi connectivity index (χ4v) is 3.16. The Balaban J connectivity index is 1.42. The average molecular weight is 448 g/mol. The monoisotopic (exact) mass is 447 g/mol. The molecule has 1 amide bonds. The summed E-state index contributed by atoms with van der Waals surface area (Å²) in [6, 6.07) is 22.1. The van der Waals surface area contributed by atoms with Gasteiger partial charge in [-0.25, -0.2) is 10.4 Å². The van der Waals surface area contributed by atoms with E-state index in [4.69, 9.17) is 5.73 Å². The number of H-pyrrole nitrogens is 1. The Morgan fingerprint density at radius 3 is 2.52 bits per heavy atom. The standard InChI is InChI=1S/C22H18BrN5O/c23-17-11-5-14(6-12-17)13-25-28-22(29)16-9-7-15(8-10-16)20(24)21-26-18-3-1-2-4-19(18)27-21/h1-13,20H,24H2,(H,26,27)(H,28,29). The Morgan fingerprint density at radius 2 is 1.79 bits per heavy atom. The normalized spacial score (nSPS) is 12.3. The van der Waals surface area contributed by atoms with Crippen LogP contribution in [-0.4, -0.2) is 22.1 Å². The molecule has 0 saturated carbocycles. The molecule has 0 fully saturated rings. The lowest BCUT2D eigenvalue weighted by atomic mass is 10.0. The highest BCUT2D eigenvalue weighted by Crippen LogP contribution is 2.20. The minimum atomic E-state index is -0.407. The number of carbonyl (C=O) groups excluding carboxylic acids is 1. The first-order chi connectivity index (χ1) is 14.1. The summed E-state index contributed by atoms with van der Waals surface area (Å²) in [6.07, 6.45) is 1.59. The van der Waals surface area contributed by atoms with Gasteiger partial charge in [0.25, 0.3) is 5.91 Å². The van der Waals surface area contributed by atoms with E-state index >= 15 is 0 Å². The summed E-state index contributed by atoms with van der Waals surface area (Å²) < 4.78 is 0.986. The molecule has 3 aromatic carbocycles. The molecule has 0 radical (unpaired) electrons. The third-order valence-corrected chi connectivity index (χ3v) is 5.01. The van der Waals surface area contributed by atoms with Gasteiger partial charge in [-0.3, -0.25) is 4.79 Å². The van der Waals surface area contributed by atoms with E-state index in [-0.39, 0.29) is 5.91 Å². The molecule has 7 heteroatoms. The van der Waals surface area contributed by atoms with E-state index < -0.39 is 6.04 Å². The van der Waals surface area contributed by atoms with Crippen molar-refractivity contribution < 1.29 is 4.79 Å². The van der Waals surface area contributed by atoms with E-state index in [1.54, 1.807) is 18.3 Å². The van der Waals surface area contributed by atoms with Gasteiger partial charge in [0, 0.05) is 10.0 Å². The number of para-hydroxylation sites is 2. The van der Waals surface area contributed by atoms with Gasteiger partial charge in [0.15, 0.2) is 0 Å². The van der Waals surface area contributed by atoms with Crippen molar-refractivity contribution in [3.05, 3.63) is 99.8 Å². The molecule has 144 valence electrons. The fourth-order valence-electron chi connectivity index (χ4n) is 2.90. The second-order valence-corrected chi connectivity index (χ2v) is 7.41. The van der Waals surface area contributed by atoms with Gasteiger partial charge in [-0.1, -0.05) is 52.3 Å². The van der Waals surface area contributed by atoms with Crippen molar-refractivity contribution in [2.24, 2.45) is 10.8 Å². The third-order valence-electron chi connectivity index (χ3n) is 4.48. The van der Waals surface area contributed by atoms with E-state index in [0.717, 1.165) is 26.6 Å². The van der Waals surface area contributed by atoms with Crippen LogP contribution in [0.5, 0.6) is 0 Å². The molecule has 6 nitrogen and oxygen atoms in total. The molecular weight excluding hydrogens is 430 g/mol. The second kappa shape index (κ2) is 8.38. The number of carbonyl (C=O) groups is 1. The summed E-state index contributed by atoms with van der Waals surface area (Å²) in [5, 5.41) is 4.00. The first kappa shape index (κ1) is 19.0. The van der Waals surface area contributed by atoms with Gasteiger partial charge in [0.1, 0.15) is 5.82 Å². The van der Waals surface area contributed by atoms with Gasteiger partial charge >= 0.3 is 0 Å². The number of nitrogens with two attached hydrogens (primary N) is 1. The van der Waals surface area contributed by atoms with E-state index in [1.165, 1.54) is 0 Å². The Morgan fingerprint density at radius 1 is 1.07 bits per heavy atom. The summed E-state index contributed by atoms with van der Waals surface area (Å²) in [5.41, 5.74) is 12.9. The molecule has 0 aliphatic carbocycles. The van der Waals surface area contributed by atoms with Crippen LogP contribution >= 0.6 is 15.9 Å². The van der Waals surface area contributed by atoms with Gasteiger partial charge in [-0.15, -0.1) is 0 Å². The predicted molar refractivity (Wildman–Crippen MR) is 118 cm³/mol. The number of aromatic nitrogens is 2. The lowest BCUT2D eigenvalue weighted by Crippen LogP contribution is -2.18. The van der Waals surface area contributed by atoms with Crippen molar-refractivity contribution in [2.45, 2.75) is 6.04 Å². The molecule has 0 aliphatic heterocycles. The van der Waals surface area contributed by atoms with Crippen LogP contribution < -0.4 is 11.2 Å². The van der Waals surface area contributed by atoms with Crippen LogP contribution in [-0.2, 0) is 0 Å². The van der Waals surface area contributed by atoms with Crippen LogP contribution in [0.4, 0.5) is 0 Å². The highest BCUT2D eigenvalue weighted by Gasteiger charge is 2.14. The Bertz CT molecular complexity index is 1130. The molecular formula is C22H18BrN5O. The number of halogens is 1. The van der Waals surface area contributed by atoms with Gasteiger partial charge < -0.3 is 10.7 Å². The zero-order chi connectivity index (χ0) is 20.2. The number of nitrogens with one attached hydrogen (secondary N) is 2. The number of aromatic amines is 1. The number of benzene rings is 3. The minimum Gasteiger partial charge on any atom is -0.340 e. The van der Waals surface area contributed by atoms with Crippen molar-refractivity contribution in [3.63, 3.8) is 0 Å². The smallest absolute Gasteiger partial charge is 0.271 e. The van der Waals surface area contributed by atoms with Crippen molar-refractivity contribution in [1.29, 1.82) is 0 Å². The number of amides is 1. The Hall–Kier alpha value is -3.29. The molecule has 4 rings (SSSR count). The highest BCUT2D eigenvalue weighted by atomic mass is 79.9. The van der Waals surface area contributed by atoms with Crippen molar-refractivity contribution in [3.8, 4) is 0 Å². The average Bonchev–Trinajstić information content (AvgIpc) is 3.19. The summed E-state index contributed by atoms with van der Waals surface area (Å²) in [6.45, 7) is 0. The third kappa shape index (κ3) is 4.42. The molecule has 4 N–H and O–H groups in total. The molecule has 4 aromatic rings. The van der Waals surface area contributed by atoms with Crippen LogP contribution in [0.1, 0.15) is 33.4 Å². The maximum atomic E-state index is 12.3. The first-order valence-electron chi connectivity index (χ1n) is 8.99. The molecule has 0 spiro atoms. The quantitative estimate of drug-likeness (QED) is 0.316. The van der Waals surface area contributed by atoms with Crippen molar-refractivity contribution in [1.82, 2.24) is 15.4 Å². The van der Waals surface area contributed by atoms with Gasteiger partial charge in [0.05, 0.1) is 23.3 Å². The van der Waals surface area contributed by atoms with Crippen molar-refractivity contribution in [2.75, 3.05) is 0 Å². The lowest BCUT2D eigenvalue weighted by Gasteiger charge is -2.09. The number of hydrazone groups is 1. The fraction of sp³-hybridized carbons (Fsp3) is 0.0455.